The van der Waals surface area contributed by atoms with Crippen molar-refractivity contribution in [1.29, 1.82) is 0 Å². The van der Waals surface area contributed by atoms with E-state index >= 15 is 0 Å². The van der Waals surface area contributed by atoms with Crippen LogP contribution < -0.4 is 15.4 Å². The van der Waals surface area contributed by atoms with E-state index < -0.39 is 0 Å². The molecule has 0 aliphatic carbocycles. The lowest BCUT2D eigenvalue weighted by molar-refractivity contribution is 0.0945. The molecule has 2 aromatic carbocycles. The largest absolute Gasteiger partial charge is 0.492 e. The predicted octanol–water partition coefficient (Wildman–Crippen LogP) is 4.51. The summed E-state index contributed by atoms with van der Waals surface area (Å²) in [7, 11) is 0. The number of amides is 1. The molecule has 0 fully saturated rings. The van der Waals surface area contributed by atoms with Crippen LogP contribution in [0, 0.1) is 6.92 Å². The number of carbonyl (C=O) groups is 1. The molecule has 1 aromatic heterocycles. The number of rotatable bonds is 7. The van der Waals surface area contributed by atoms with Gasteiger partial charge in [0.05, 0.1) is 12.3 Å². The third-order valence-electron chi connectivity index (χ3n) is 3.89. The van der Waals surface area contributed by atoms with E-state index in [0.29, 0.717) is 35.6 Å². The zero-order valence-corrected chi connectivity index (χ0v) is 16.5. The Balaban J connectivity index is 1.74. The molecule has 28 heavy (non-hydrogen) atoms. The third kappa shape index (κ3) is 5.20. The number of hydrogen-bond donors (Lipinski definition) is 2. The number of para-hydroxylation sites is 2. The maximum Gasteiger partial charge on any atom is 0.270 e. The van der Waals surface area contributed by atoms with Crippen LogP contribution in [0.4, 0.5) is 11.6 Å². The summed E-state index contributed by atoms with van der Waals surface area (Å²) in [5, 5.41) is 6.65. The first-order valence-corrected chi connectivity index (χ1v) is 9.30. The summed E-state index contributed by atoms with van der Waals surface area (Å²) in [5.74, 6) is 0.759. The van der Waals surface area contributed by atoms with Crippen molar-refractivity contribution in [3.8, 4) is 5.75 Å². The summed E-state index contributed by atoms with van der Waals surface area (Å²) in [5.41, 5.74) is 2.66. The van der Waals surface area contributed by atoms with Gasteiger partial charge in [-0.25, -0.2) is 9.97 Å². The van der Waals surface area contributed by atoms with Gasteiger partial charge in [0.2, 0.25) is 5.95 Å². The molecule has 7 heteroatoms. The van der Waals surface area contributed by atoms with Gasteiger partial charge in [-0.2, -0.15) is 0 Å². The molecule has 0 saturated heterocycles. The van der Waals surface area contributed by atoms with Gasteiger partial charge in [0.1, 0.15) is 11.4 Å². The fourth-order valence-corrected chi connectivity index (χ4v) is 2.71. The Labute approximate surface area is 168 Å². The molecule has 1 heterocycles. The minimum absolute atomic E-state index is 0.276. The Morgan fingerprint density at radius 2 is 1.86 bits per heavy atom. The molecule has 3 rings (SSSR count). The Kier molecular flexibility index (Phi) is 6.45. The molecule has 0 spiro atoms. The van der Waals surface area contributed by atoms with Gasteiger partial charge in [-0.3, -0.25) is 4.79 Å². The number of aryl methyl sites for hydroxylation is 1. The van der Waals surface area contributed by atoms with E-state index in [-0.39, 0.29) is 11.6 Å². The van der Waals surface area contributed by atoms with Crippen molar-refractivity contribution in [2.75, 3.05) is 11.9 Å². The van der Waals surface area contributed by atoms with Gasteiger partial charge in [-0.1, -0.05) is 35.9 Å². The van der Waals surface area contributed by atoms with Crippen molar-refractivity contribution in [1.82, 2.24) is 15.3 Å². The first-order valence-electron chi connectivity index (χ1n) is 8.92. The van der Waals surface area contributed by atoms with E-state index in [2.05, 4.69) is 20.6 Å². The van der Waals surface area contributed by atoms with Gasteiger partial charge in [-0.15, -0.1) is 0 Å². The summed E-state index contributed by atoms with van der Waals surface area (Å²) >= 11 is 5.88. The Morgan fingerprint density at radius 3 is 2.61 bits per heavy atom. The number of halogens is 1. The Bertz CT molecular complexity index is 961. The van der Waals surface area contributed by atoms with E-state index in [1.165, 1.54) is 0 Å². The minimum Gasteiger partial charge on any atom is -0.492 e. The van der Waals surface area contributed by atoms with E-state index in [9.17, 15) is 4.79 Å². The lowest BCUT2D eigenvalue weighted by Gasteiger charge is -2.12. The summed E-state index contributed by atoms with van der Waals surface area (Å²) < 4.78 is 5.61. The Morgan fingerprint density at radius 1 is 1.11 bits per heavy atom. The van der Waals surface area contributed by atoms with Crippen LogP contribution in [0.1, 0.15) is 28.7 Å². The molecule has 0 unspecified atom stereocenters. The van der Waals surface area contributed by atoms with Gasteiger partial charge < -0.3 is 15.4 Å². The Hall–Kier alpha value is -3.12. The van der Waals surface area contributed by atoms with Crippen molar-refractivity contribution in [2.24, 2.45) is 0 Å². The molecule has 0 aliphatic rings. The van der Waals surface area contributed by atoms with Crippen molar-refractivity contribution in [3.05, 3.63) is 76.6 Å². The number of hydrogen-bond acceptors (Lipinski definition) is 5. The third-order valence-corrected chi connectivity index (χ3v) is 4.14. The van der Waals surface area contributed by atoms with E-state index in [1.807, 2.05) is 50.2 Å². The summed E-state index contributed by atoms with van der Waals surface area (Å²) in [6.07, 6.45) is 0. The molecule has 3 aromatic rings. The maximum atomic E-state index is 12.5. The number of anilines is 2. The standard InChI is InChI=1S/C21H21ClN4O2/c1-3-28-19-7-5-4-6-17(19)25-21-24-14(2)12-18(26-21)20(27)23-13-15-8-10-16(22)11-9-15/h4-12H,3,13H2,1-2H3,(H,23,27)(H,24,25,26). The summed E-state index contributed by atoms with van der Waals surface area (Å²) in [6.45, 7) is 4.67. The van der Waals surface area contributed by atoms with Crippen LogP contribution in [-0.4, -0.2) is 22.5 Å². The fourth-order valence-electron chi connectivity index (χ4n) is 2.59. The number of nitrogens with one attached hydrogen (secondary N) is 2. The van der Waals surface area contributed by atoms with Crippen LogP contribution in [0.25, 0.3) is 0 Å². The molecule has 2 N–H and O–H groups in total. The highest BCUT2D eigenvalue weighted by atomic mass is 35.5. The highest BCUT2D eigenvalue weighted by Gasteiger charge is 2.12. The second-order valence-electron chi connectivity index (χ2n) is 6.08. The second kappa shape index (κ2) is 9.19. The number of carbonyl (C=O) groups excluding carboxylic acids is 1. The van der Waals surface area contributed by atoms with E-state index in [1.54, 1.807) is 18.2 Å². The van der Waals surface area contributed by atoms with Gasteiger partial charge >= 0.3 is 0 Å². The maximum absolute atomic E-state index is 12.5. The average molecular weight is 397 g/mol. The van der Waals surface area contributed by atoms with Crippen LogP contribution in [0.3, 0.4) is 0 Å². The molecule has 0 radical (unpaired) electrons. The van der Waals surface area contributed by atoms with Crippen molar-refractivity contribution < 1.29 is 9.53 Å². The normalized spacial score (nSPS) is 10.4. The van der Waals surface area contributed by atoms with Crippen molar-refractivity contribution in [2.45, 2.75) is 20.4 Å². The number of ether oxygens (including phenoxy) is 1. The van der Waals surface area contributed by atoms with Crippen LogP contribution in [-0.2, 0) is 6.54 Å². The first kappa shape index (κ1) is 19.6. The molecule has 144 valence electrons. The van der Waals surface area contributed by atoms with E-state index in [0.717, 1.165) is 11.3 Å². The lowest BCUT2D eigenvalue weighted by Crippen LogP contribution is -2.24. The van der Waals surface area contributed by atoms with Gasteiger partial charge in [-0.05, 0) is 49.7 Å². The average Bonchev–Trinajstić information content (AvgIpc) is 2.68. The fraction of sp³-hybridized carbons (Fsp3) is 0.190. The predicted molar refractivity (Wildman–Crippen MR) is 110 cm³/mol. The lowest BCUT2D eigenvalue weighted by atomic mass is 10.2. The van der Waals surface area contributed by atoms with Gasteiger partial charge in [0.15, 0.2) is 0 Å². The molecule has 0 aliphatic heterocycles. The van der Waals surface area contributed by atoms with Crippen LogP contribution in [0.15, 0.2) is 54.6 Å². The first-order chi connectivity index (χ1) is 13.5. The molecular formula is C21H21ClN4O2. The van der Waals surface area contributed by atoms with Gasteiger partial charge in [0, 0.05) is 17.3 Å². The number of benzene rings is 2. The van der Waals surface area contributed by atoms with Crippen LogP contribution in [0.5, 0.6) is 5.75 Å². The topological polar surface area (TPSA) is 76.1 Å². The molecule has 1 amide bonds. The molecule has 0 bridgehead atoms. The zero-order chi connectivity index (χ0) is 19.9. The number of nitrogens with zero attached hydrogens (tertiary/aromatic N) is 2. The van der Waals surface area contributed by atoms with Crippen molar-refractivity contribution >= 4 is 29.1 Å². The monoisotopic (exact) mass is 396 g/mol. The van der Waals surface area contributed by atoms with E-state index in [4.69, 9.17) is 16.3 Å². The SMILES string of the molecule is CCOc1ccccc1Nc1nc(C)cc(C(=O)NCc2ccc(Cl)cc2)n1. The van der Waals surface area contributed by atoms with Gasteiger partial charge in [0.25, 0.3) is 5.91 Å². The van der Waals surface area contributed by atoms with Crippen LogP contribution in [0.2, 0.25) is 5.02 Å². The highest BCUT2D eigenvalue weighted by Crippen LogP contribution is 2.26. The second-order valence-corrected chi connectivity index (χ2v) is 6.52. The zero-order valence-electron chi connectivity index (χ0n) is 15.7. The molecule has 6 nitrogen and oxygen atoms in total. The number of aromatic nitrogens is 2. The highest BCUT2D eigenvalue weighted by molar-refractivity contribution is 6.30. The smallest absolute Gasteiger partial charge is 0.270 e. The molecular weight excluding hydrogens is 376 g/mol. The summed E-state index contributed by atoms with van der Waals surface area (Å²) in [4.78, 5) is 21.2. The van der Waals surface area contributed by atoms with Crippen LogP contribution >= 0.6 is 11.6 Å². The summed E-state index contributed by atoms with van der Waals surface area (Å²) in [6, 6.07) is 16.5. The van der Waals surface area contributed by atoms with Crippen molar-refractivity contribution in [3.63, 3.8) is 0 Å². The minimum atomic E-state index is -0.276. The molecule has 0 saturated carbocycles. The quantitative estimate of drug-likeness (QED) is 0.614. The molecule has 0 atom stereocenters.